The van der Waals surface area contributed by atoms with E-state index < -0.39 is 49.5 Å². The molecule has 1 unspecified atom stereocenters. The molecule has 0 spiro atoms. The van der Waals surface area contributed by atoms with E-state index in [2.05, 4.69) is 24.9 Å². The minimum atomic E-state index is -1.23. The quantitative estimate of drug-likeness (QED) is 0.0351. The molecule has 1 aliphatic heterocycles. The fraction of sp³-hybridized carbons (Fsp3) is 0.972. The van der Waals surface area contributed by atoms with Crippen molar-refractivity contribution in [1.82, 2.24) is 5.32 Å². The lowest BCUT2D eigenvalue weighted by molar-refractivity contribution is -0.259. The number of hydrogen-bond acceptors (Lipinski definition) is 9. The second-order valence-electron chi connectivity index (χ2n) is 13.5. The van der Waals surface area contributed by atoms with Crippen LogP contribution in [-0.2, 0) is 14.3 Å². The number of aliphatic hydroxyl groups excluding tert-OH is 5. The first-order chi connectivity index (χ1) is 22.3. The lowest BCUT2D eigenvalue weighted by Gasteiger charge is -2.37. The maximum absolute atomic E-state index is 12.8. The van der Waals surface area contributed by atoms with E-state index in [4.69, 9.17) is 9.47 Å². The zero-order valence-electron chi connectivity index (χ0n) is 29.0. The minimum absolute atomic E-state index is 0.00890. The summed E-state index contributed by atoms with van der Waals surface area (Å²) in [6.07, 6.45) is 18.9. The molecule has 1 saturated heterocycles. The predicted molar refractivity (Wildman–Crippen MR) is 188 cm³/mol. The number of ether oxygens (including phenoxy) is 2. The molecule has 1 fully saturated rings. The van der Waals surface area contributed by atoms with Crippen LogP contribution in [0.4, 0.5) is 0 Å². The van der Waals surface area contributed by atoms with Crippen molar-refractivity contribution in [2.24, 2.45) is 0 Å². The van der Waals surface area contributed by atoms with Gasteiger partial charge < -0.3 is 40.3 Å². The molecule has 7 atom stereocenters. The van der Waals surface area contributed by atoms with Crippen molar-refractivity contribution in [3.63, 3.8) is 0 Å². The molecule has 0 aromatic carbocycles. The Kier molecular flexibility index (Phi) is 27.9. The van der Waals surface area contributed by atoms with Gasteiger partial charge in [0.05, 0.1) is 31.5 Å². The van der Waals surface area contributed by atoms with Crippen LogP contribution in [-0.4, -0.2) is 93.3 Å². The van der Waals surface area contributed by atoms with Gasteiger partial charge in [0, 0.05) is 12.8 Å². The van der Waals surface area contributed by atoms with Crippen LogP contribution in [0.2, 0.25) is 0 Å². The average molecular weight is 678 g/mol. The monoisotopic (exact) mass is 677 g/mol. The molecule has 274 valence electrons. The van der Waals surface area contributed by atoms with E-state index in [1.807, 2.05) is 0 Å². The summed E-state index contributed by atoms with van der Waals surface area (Å²) < 4.78 is 11.4. The van der Waals surface area contributed by atoms with E-state index in [-0.39, 0.29) is 18.9 Å². The van der Waals surface area contributed by atoms with Crippen LogP contribution in [0, 0.1) is 0 Å². The maximum Gasteiger partial charge on any atom is 0.220 e. The summed E-state index contributed by atoms with van der Waals surface area (Å²) in [6, 6.07) is -0.864. The molecular formula is C36H71NO8S. The van der Waals surface area contributed by atoms with E-state index in [0.717, 1.165) is 44.3 Å². The van der Waals surface area contributed by atoms with E-state index in [9.17, 15) is 30.3 Å². The van der Waals surface area contributed by atoms with Gasteiger partial charge in [0.25, 0.3) is 0 Å². The smallest absolute Gasteiger partial charge is 0.220 e. The summed E-state index contributed by atoms with van der Waals surface area (Å²) in [6.45, 7) is 1.63. The highest BCUT2D eigenvalue weighted by atomic mass is 32.1. The first-order valence-corrected chi connectivity index (χ1v) is 19.5. The number of amides is 1. The van der Waals surface area contributed by atoms with Gasteiger partial charge in [0.15, 0.2) is 6.29 Å². The van der Waals surface area contributed by atoms with Gasteiger partial charge in [-0.1, -0.05) is 129 Å². The van der Waals surface area contributed by atoms with Crippen molar-refractivity contribution in [2.75, 3.05) is 19.0 Å². The Morgan fingerprint density at radius 1 is 0.804 bits per heavy atom. The molecule has 1 aliphatic rings. The van der Waals surface area contributed by atoms with Gasteiger partial charge in [-0.15, -0.1) is 0 Å². The van der Waals surface area contributed by atoms with Gasteiger partial charge in [-0.25, -0.2) is 0 Å². The second kappa shape index (κ2) is 29.5. The zero-order chi connectivity index (χ0) is 33.8. The number of hydrogen-bond donors (Lipinski definition) is 7. The number of rotatable bonds is 31. The van der Waals surface area contributed by atoms with Crippen molar-refractivity contribution in [3.05, 3.63) is 0 Å². The molecule has 1 heterocycles. The fourth-order valence-corrected chi connectivity index (χ4v) is 6.38. The van der Waals surface area contributed by atoms with Crippen LogP contribution in [0.1, 0.15) is 161 Å². The topological polar surface area (TPSA) is 149 Å². The molecule has 46 heavy (non-hydrogen) atoms. The van der Waals surface area contributed by atoms with E-state index in [1.165, 1.54) is 96.3 Å². The number of thiol groups is 1. The first kappa shape index (κ1) is 43.6. The molecule has 9 nitrogen and oxygen atoms in total. The first-order valence-electron chi connectivity index (χ1n) is 18.8. The zero-order valence-corrected chi connectivity index (χ0v) is 29.9. The number of unbranched alkanes of at least 4 members (excludes halogenated alkanes) is 19. The van der Waals surface area contributed by atoms with Crippen LogP contribution in [0.3, 0.4) is 0 Å². The highest BCUT2D eigenvalue weighted by Gasteiger charge is 2.38. The van der Waals surface area contributed by atoms with Gasteiger partial charge in [-0.2, -0.15) is 12.6 Å². The molecule has 0 saturated carbocycles. The van der Waals surface area contributed by atoms with E-state index >= 15 is 0 Å². The van der Waals surface area contributed by atoms with E-state index in [1.54, 1.807) is 0 Å². The van der Waals surface area contributed by atoms with Crippen molar-refractivity contribution >= 4 is 18.5 Å². The lowest BCUT2D eigenvalue weighted by atomic mass is 9.99. The molecule has 1 amide bonds. The van der Waals surface area contributed by atoms with Crippen molar-refractivity contribution in [1.29, 1.82) is 0 Å². The predicted octanol–water partition coefficient (Wildman–Crippen LogP) is 5.96. The van der Waals surface area contributed by atoms with Gasteiger partial charge in [-0.3, -0.25) is 4.79 Å². The molecule has 10 heteroatoms. The van der Waals surface area contributed by atoms with Crippen LogP contribution in [0.25, 0.3) is 0 Å². The fourth-order valence-electron chi connectivity index (χ4n) is 6.16. The van der Waals surface area contributed by atoms with Crippen LogP contribution < -0.4 is 5.32 Å². The largest absolute Gasteiger partial charge is 0.394 e. The van der Waals surface area contributed by atoms with Crippen LogP contribution in [0.5, 0.6) is 0 Å². The molecule has 0 aliphatic carbocycles. The lowest BCUT2D eigenvalue weighted by Crippen LogP contribution is -2.54. The molecule has 0 aromatic rings. The number of carbonyl (C=O) groups excluding carboxylic acids is 1. The highest BCUT2D eigenvalue weighted by molar-refractivity contribution is 7.80. The summed E-state index contributed by atoms with van der Waals surface area (Å²) >= 11 is 4.25. The number of carbonyl (C=O) groups is 1. The van der Waals surface area contributed by atoms with Gasteiger partial charge in [0.2, 0.25) is 5.91 Å². The number of nitrogens with one attached hydrogen (secondary N) is 1. The minimum Gasteiger partial charge on any atom is -0.394 e. The summed E-state index contributed by atoms with van der Waals surface area (Å²) in [5.74, 6) is 0.751. The molecule has 6 N–H and O–H groups in total. The van der Waals surface area contributed by atoms with Gasteiger partial charge in [0.1, 0.15) is 18.3 Å². The van der Waals surface area contributed by atoms with Crippen molar-refractivity contribution < 1.29 is 39.8 Å². The van der Waals surface area contributed by atoms with Gasteiger partial charge >= 0.3 is 0 Å². The Morgan fingerprint density at radius 3 is 1.83 bits per heavy atom. The van der Waals surface area contributed by atoms with Crippen molar-refractivity contribution in [3.8, 4) is 0 Å². The Balaban J connectivity index is 2.44. The summed E-state index contributed by atoms with van der Waals surface area (Å²) in [5, 5.41) is 54.3. The molecular weight excluding hydrogens is 606 g/mol. The third kappa shape index (κ3) is 21.5. The molecule has 0 radical (unpaired) electrons. The maximum atomic E-state index is 12.8. The average Bonchev–Trinajstić information content (AvgIpc) is 3.05. The van der Waals surface area contributed by atoms with Gasteiger partial charge in [-0.05, 0) is 25.0 Å². The van der Waals surface area contributed by atoms with Crippen LogP contribution in [0.15, 0.2) is 0 Å². The second-order valence-corrected chi connectivity index (χ2v) is 13.9. The number of aliphatic hydroxyl groups is 5. The molecule has 0 bridgehead atoms. The molecule has 1 rings (SSSR count). The third-order valence-corrected chi connectivity index (χ3v) is 9.56. The Bertz CT molecular complexity index is 705. The van der Waals surface area contributed by atoms with Crippen molar-refractivity contribution in [2.45, 2.75) is 204 Å². The standard InChI is InChI=1S/C36H71NO8S/c1-2-3-4-5-6-7-8-9-11-14-17-20-23-30(39)35(42)29(28-44-34-26-31(40)36(43)32(27-38)45-34)37-33(41)24-21-18-15-12-10-13-16-19-22-25-46/h29-32,34-36,38-40,42-43,46H,2-28H2,1H3,(H,37,41)/t29-,30+,31-,32?,34-,35-,36+/m0/s1. The normalized spacial score (nSPS) is 22.1. The SMILES string of the molecule is CCCCCCCCCCCCCC[C@@H](O)[C@@H](O)[C@H](CO[C@@H]1C[C@H](O)[C@@H](O)C(CO)O1)NC(=O)CCCCCCCCCCCS. The Hall–Kier alpha value is -0.460. The highest BCUT2D eigenvalue weighted by Crippen LogP contribution is 2.22. The summed E-state index contributed by atoms with van der Waals surface area (Å²) in [4.78, 5) is 12.8. The summed E-state index contributed by atoms with van der Waals surface area (Å²) in [5.41, 5.74) is 0. The van der Waals surface area contributed by atoms with E-state index in [0.29, 0.717) is 12.8 Å². The Labute approximate surface area is 286 Å². The Morgan fingerprint density at radius 2 is 1.30 bits per heavy atom. The van der Waals surface area contributed by atoms with Crippen LogP contribution >= 0.6 is 12.6 Å². The molecule has 0 aromatic heterocycles. The third-order valence-electron chi connectivity index (χ3n) is 9.25. The summed E-state index contributed by atoms with van der Waals surface area (Å²) in [7, 11) is 0.